The Balaban J connectivity index is 1.30. The second kappa shape index (κ2) is 5.07. The summed E-state index contributed by atoms with van der Waals surface area (Å²) in [7, 11) is 0. The Morgan fingerprint density at radius 1 is 1.17 bits per heavy atom. The summed E-state index contributed by atoms with van der Waals surface area (Å²) in [5, 5.41) is 7.06. The predicted molar refractivity (Wildman–Crippen MR) is 90.3 cm³/mol. The van der Waals surface area contributed by atoms with E-state index in [0.29, 0.717) is 24.0 Å². The third kappa shape index (κ3) is 2.24. The average Bonchev–Trinajstić information content (AvgIpc) is 3.18. The van der Waals surface area contributed by atoms with Gasteiger partial charge in [-0.1, -0.05) is 24.3 Å². The van der Waals surface area contributed by atoms with Gasteiger partial charge < -0.3 is 10.6 Å². The molecule has 4 atom stereocenters. The van der Waals surface area contributed by atoms with Crippen LogP contribution in [0, 0.1) is 5.92 Å². The maximum Gasteiger partial charge on any atom is 0.224 e. The van der Waals surface area contributed by atoms with Crippen LogP contribution < -0.4 is 10.6 Å². The number of benzene rings is 1. The van der Waals surface area contributed by atoms with Crippen LogP contribution in [0.15, 0.2) is 24.3 Å². The minimum Gasteiger partial charge on any atom is -0.353 e. The molecule has 3 fully saturated rings. The molecule has 3 heteroatoms. The molecule has 1 saturated carbocycles. The van der Waals surface area contributed by atoms with E-state index in [1.165, 1.54) is 43.2 Å². The molecule has 4 aliphatic rings. The Kier molecular flexibility index (Phi) is 3.09. The van der Waals surface area contributed by atoms with E-state index in [9.17, 15) is 4.79 Å². The van der Waals surface area contributed by atoms with Crippen molar-refractivity contribution in [2.45, 2.75) is 74.9 Å². The molecule has 2 N–H and O–H groups in total. The first-order valence-electron chi connectivity index (χ1n) is 9.39. The number of carbonyl (C=O) groups excluding carboxylic acids is 1. The lowest BCUT2D eigenvalue weighted by Crippen LogP contribution is -2.48. The maximum atomic E-state index is 12.9. The van der Waals surface area contributed by atoms with Crippen molar-refractivity contribution in [2.24, 2.45) is 5.92 Å². The molecule has 1 aromatic carbocycles. The van der Waals surface area contributed by atoms with Crippen molar-refractivity contribution in [3.8, 4) is 0 Å². The molecule has 23 heavy (non-hydrogen) atoms. The summed E-state index contributed by atoms with van der Waals surface area (Å²) in [5.74, 6) is 0.546. The van der Waals surface area contributed by atoms with Crippen molar-refractivity contribution in [3.05, 3.63) is 35.4 Å². The lowest BCUT2D eigenvalue weighted by atomic mass is 9.78. The molecule has 2 saturated heterocycles. The molecule has 0 radical (unpaired) electrons. The number of rotatable bonds is 2. The first kappa shape index (κ1) is 14.0. The van der Waals surface area contributed by atoms with E-state index in [-0.39, 0.29) is 11.3 Å². The fraction of sp³-hybridized carbons (Fsp3) is 0.650. The summed E-state index contributed by atoms with van der Waals surface area (Å²) in [6.45, 7) is 0. The summed E-state index contributed by atoms with van der Waals surface area (Å²) in [6, 6.07) is 10.5. The highest BCUT2D eigenvalue weighted by atomic mass is 16.2. The minimum absolute atomic E-state index is 0.171. The van der Waals surface area contributed by atoms with Gasteiger partial charge in [-0.15, -0.1) is 0 Å². The van der Waals surface area contributed by atoms with Crippen LogP contribution in [0.2, 0.25) is 0 Å². The molecule has 2 aliphatic heterocycles. The predicted octanol–water partition coefficient (Wildman–Crippen LogP) is 2.68. The SMILES string of the molecule is O=C(NC1CC2CCC(C1)N2)C1CC12CCCc1ccccc12. The van der Waals surface area contributed by atoms with Gasteiger partial charge in [0.15, 0.2) is 0 Å². The number of amides is 1. The smallest absolute Gasteiger partial charge is 0.224 e. The van der Waals surface area contributed by atoms with Crippen LogP contribution in [-0.4, -0.2) is 24.0 Å². The number of fused-ring (bicyclic) bond motifs is 4. The quantitative estimate of drug-likeness (QED) is 0.882. The van der Waals surface area contributed by atoms with Gasteiger partial charge in [-0.2, -0.15) is 0 Å². The first-order valence-corrected chi connectivity index (χ1v) is 9.39. The van der Waals surface area contributed by atoms with Crippen LogP contribution >= 0.6 is 0 Å². The number of hydrogen-bond acceptors (Lipinski definition) is 2. The first-order chi connectivity index (χ1) is 11.2. The Morgan fingerprint density at radius 3 is 2.78 bits per heavy atom. The van der Waals surface area contributed by atoms with Gasteiger partial charge >= 0.3 is 0 Å². The highest BCUT2D eigenvalue weighted by Gasteiger charge is 2.60. The van der Waals surface area contributed by atoms with Gasteiger partial charge in [-0.25, -0.2) is 0 Å². The van der Waals surface area contributed by atoms with Crippen molar-refractivity contribution in [3.63, 3.8) is 0 Å². The van der Waals surface area contributed by atoms with E-state index in [1.54, 1.807) is 0 Å². The van der Waals surface area contributed by atoms with E-state index >= 15 is 0 Å². The third-order valence-corrected chi connectivity index (χ3v) is 6.83. The zero-order valence-electron chi connectivity index (χ0n) is 13.7. The molecular formula is C20H26N2O. The van der Waals surface area contributed by atoms with E-state index in [4.69, 9.17) is 0 Å². The molecule has 122 valence electrons. The molecule has 1 amide bonds. The molecule has 2 heterocycles. The van der Waals surface area contributed by atoms with Crippen molar-refractivity contribution in [2.75, 3.05) is 0 Å². The van der Waals surface area contributed by atoms with Crippen molar-refractivity contribution in [1.29, 1.82) is 0 Å². The number of piperidine rings is 1. The number of aryl methyl sites for hydroxylation is 1. The molecule has 2 bridgehead atoms. The maximum absolute atomic E-state index is 12.9. The highest BCUT2D eigenvalue weighted by molar-refractivity contribution is 5.85. The highest BCUT2D eigenvalue weighted by Crippen LogP contribution is 2.60. The topological polar surface area (TPSA) is 41.1 Å². The Hall–Kier alpha value is -1.35. The van der Waals surface area contributed by atoms with Gasteiger partial charge in [-0.3, -0.25) is 4.79 Å². The normalized spacial score (nSPS) is 40.7. The fourth-order valence-electron chi connectivity index (χ4n) is 5.65. The summed E-state index contributed by atoms with van der Waals surface area (Å²) < 4.78 is 0. The fourth-order valence-corrected chi connectivity index (χ4v) is 5.65. The van der Waals surface area contributed by atoms with Crippen LogP contribution in [0.3, 0.4) is 0 Å². The Morgan fingerprint density at radius 2 is 1.96 bits per heavy atom. The number of nitrogens with one attached hydrogen (secondary N) is 2. The van der Waals surface area contributed by atoms with Crippen LogP contribution in [0.4, 0.5) is 0 Å². The Labute approximate surface area is 138 Å². The van der Waals surface area contributed by atoms with Crippen LogP contribution in [0.1, 0.15) is 56.1 Å². The van der Waals surface area contributed by atoms with Crippen molar-refractivity contribution >= 4 is 5.91 Å². The monoisotopic (exact) mass is 310 g/mol. The minimum atomic E-state index is 0.171. The lowest BCUT2D eigenvalue weighted by molar-refractivity contribution is -0.123. The third-order valence-electron chi connectivity index (χ3n) is 6.83. The van der Waals surface area contributed by atoms with Crippen molar-refractivity contribution in [1.82, 2.24) is 10.6 Å². The van der Waals surface area contributed by atoms with Gasteiger partial charge in [0.05, 0.1) is 0 Å². The molecule has 5 rings (SSSR count). The second-order valence-electron chi connectivity index (χ2n) is 8.24. The molecular weight excluding hydrogens is 284 g/mol. The van der Waals surface area contributed by atoms with Gasteiger partial charge in [-0.05, 0) is 62.5 Å². The zero-order chi connectivity index (χ0) is 15.4. The van der Waals surface area contributed by atoms with Crippen LogP contribution in [0.5, 0.6) is 0 Å². The van der Waals surface area contributed by atoms with Gasteiger partial charge in [0.25, 0.3) is 0 Å². The standard InChI is InChI=1S/C20H26N2O/c23-19(22-16-10-14-7-8-15(11-16)21-14)18-12-20(18)9-3-5-13-4-1-2-6-17(13)20/h1-2,4,6,14-16,18,21H,3,5,7-12H2,(H,22,23). The molecule has 3 nitrogen and oxygen atoms in total. The van der Waals surface area contributed by atoms with E-state index in [2.05, 4.69) is 34.9 Å². The summed E-state index contributed by atoms with van der Waals surface area (Å²) in [5.41, 5.74) is 3.12. The summed E-state index contributed by atoms with van der Waals surface area (Å²) in [4.78, 5) is 12.9. The molecule has 0 aromatic heterocycles. The second-order valence-corrected chi connectivity index (χ2v) is 8.24. The summed E-state index contributed by atoms with van der Waals surface area (Å²) >= 11 is 0. The molecule has 1 spiro atoms. The van der Waals surface area contributed by atoms with Crippen LogP contribution in [-0.2, 0) is 16.6 Å². The van der Waals surface area contributed by atoms with Crippen molar-refractivity contribution < 1.29 is 4.79 Å². The van der Waals surface area contributed by atoms with Crippen LogP contribution in [0.25, 0.3) is 0 Å². The largest absolute Gasteiger partial charge is 0.353 e. The molecule has 2 aliphatic carbocycles. The average molecular weight is 310 g/mol. The zero-order valence-corrected chi connectivity index (χ0v) is 13.7. The lowest BCUT2D eigenvalue weighted by Gasteiger charge is -2.31. The van der Waals surface area contributed by atoms with Gasteiger partial charge in [0.2, 0.25) is 5.91 Å². The summed E-state index contributed by atoms with van der Waals surface area (Å²) in [6.07, 6.45) is 9.50. The van der Waals surface area contributed by atoms with E-state index < -0.39 is 0 Å². The van der Waals surface area contributed by atoms with Gasteiger partial charge in [0, 0.05) is 29.5 Å². The molecule has 1 aromatic rings. The van der Waals surface area contributed by atoms with E-state index in [0.717, 1.165) is 19.3 Å². The Bertz CT molecular complexity index is 630. The number of carbonyl (C=O) groups is 1. The van der Waals surface area contributed by atoms with E-state index in [1.807, 2.05) is 0 Å². The number of hydrogen-bond donors (Lipinski definition) is 2. The van der Waals surface area contributed by atoms with Gasteiger partial charge in [0.1, 0.15) is 0 Å². The molecule has 4 unspecified atom stereocenters.